The van der Waals surface area contributed by atoms with Crippen LogP contribution in [0.15, 0.2) is 82.5 Å². The lowest BCUT2D eigenvalue weighted by Crippen LogP contribution is -2.29. The summed E-state index contributed by atoms with van der Waals surface area (Å²) in [4.78, 5) is 27.9. The third-order valence-electron chi connectivity index (χ3n) is 6.91. The molecular formula is C31H31FN4O3. The molecule has 2 aromatic carbocycles. The number of nitrogens with zero attached hydrogens (tertiary/aromatic N) is 4. The van der Waals surface area contributed by atoms with Crippen molar-refractivity contribution in [3.63, 3.8) is 0 Å². The number of benzene rings is 2. The lowest BCUT2D eigenvalue weighted by atomic mass is 9.92. The van der Waals surface area contributed by atoms with Crippen LogP contribution < -0.4 is 11.2 Å². The highest BCUT2D eigenvalue weighted by molar-refractivity contribution is 5.81. The first-order chi connectivity index (χ1) is 18.8. The highest BCUT2D eigenvalue weighted by Gasteiger charge is 2.27. The van der Waals surface area contributed by atoms with E-state index in [1.807, 2.05) is 82.3 Å². The summed E-state index contributed by atoms with van der Waals surface area (Å²) in [6, 6.07) is 20.2. The van der Waals surface area contributed by atoms with Gasteiger partial charge in [-0.25, -0.2) is 9.18 Å². The Bertz CT molecular complexity index is 1770. The van der Waals surface area contributed by atoms with Crippen molar-refractivity contribution >= 4 is 5.52 Å². The van der Waals surface area contributed by atoms with E-state index in [-0.39, 0.29) is 18.2 Å². The van der Waals surface area contributed by atoms with Crippen LogP contribution in [0.3, 0.4) is 0 Å². The van der Waals surface area contributed by atoms with Gasteiger partial charge in [0.15, 0.2) is 5.82 Å². The van der Waals surface area contributed by atoms with Gasteiger partial charge in [-0.2, -0.15) is 4.68 Å². The molecule has 0 bridgehead atoms. The van der Waals surface area contributed by atoms with Gasteiger partial charge in [0, 0.05) is 18.3 Å². The molecule has 200 valence electrons. The SMILES string of the molecule is CCn1c(COCc2ccccc2)nn(-c2c(-c3ccccc3C)c(=O)n3cc(F)ccc3c2C(C)C)c1=O. The van der Waals surface area contributed by atoms with Gasteiger partial charge in [0.05, 0.1) is 23.4 Å². The quantitative estimate of drug-likeness (QED) is 0.263. The molecule has 0 saturated carbocycles. The third-order valence-corrected chi connectivity index (χ3v) is 6.91. The van der Waals surface area contributed by atoms with E-state index < -0.39 is 11.4 Å². The molecule has 0 radical (unpaired) electrons. The Morgan fingerprint density at radius 1 is 0.949 bits per heavy atom. The van der Waals surface area contributed by atoms with Crippen LogP contribution in [0.5, 0.6) is 0 Å². The minimum absolute atomic E-state index is 0.111. The largest absolute Gasteiger partial charge is 0.369 e. The maximum absolute atomic E-state index is 14.3. The normalized spacial score (nSPS) is 11.5. The Morgan fingerprint density at radius 3 is 2.36 bits per heavy atom. The summed E-state index contributed by atoms with van der Waals surface area (Å²) in [5.41, 5.74) is 3.74. The standard InChI is InChI=1S/C31H31FN4O3/c1-5-34-26(19-39-18-22-12-7-6-8-13-22)33-36(31(34)38)29-27(20(2)3)25-16-15-23(32)17-35(25)30(37)28(29)24-14-10-9-11-21(24)4/h6-17,20H,5,18-19H2,1-4H3. The Labute approximate surface area is 225 Å². The van der Waals surface area contributed by atoms with E-state index >= 15 is 0 Å². The van der Waals surface area contributed by atoms with Crippen LogP contribution in [0.2, 0.25) is 0 Å². The second-order valence-electron chi connectivity index (χ2n) is 9.85. The molecule has 0 amide bonds. The predicted molar refractivity (Wildman–Crippen MR) is 150 cm³/mol. The van der Waals surface area contributed by atoms with E-state index in [0.29, 0.717) is 41.3 Å². The first-order valence-electron chi connectivity index (χ1n) is 13.1. The van der Waals surface area contributed by atoms with E-state index in [2.05, 4.69) is 0 Å². The van der Waals surface area contributed by atoms with Gasteiger partial charge >= 0.3 is 5.69 Å². The molecule has 0 atom stereocenters. The Hall–Kier alpha value is -4.30. The summed E-state index contributed by atoms with van der Waals surface area (Å²) >= 11 is 0. The maximum atomic E-state index is 14.3. The number of aryl methyl sites for hydroxylation is 1. The fourth-order valence-corrected chi connectivity index (χ4v) is 5.07. The first kappa shape index (κ1) is 26.3. The van der Waals surface area contributed by atoms with Gasteiger partial charge in [0.2, 0.25) is 0 Å². The summed E-state index contributed by atoms with van der Waals surface area (Å²) in [5, 5.41) is 4.73. The zero-order chi connectivity index (χ0) is 27.7. The summed E-state index contributed by atoms with van der Waals surface area (Å²) in [6.45, 7) is 8.64. The number of hydrogen-bond donors (Lipinski definition) is 0. The zero-order valence-corrected chi connectivity index (χ0v) is 22.5. The van der Waals surface area contributed by atoms with Crippen molar-refractivity contribution < 1.29 is 9.13 Å². The van der Waals surface area contributed by atoms with E-state index in [1.54, 1.807) is 10.6 Å². The minimum atomic E-state index is -0.520. The third kappa shape index (κ3) is 4.83. The van der Waals surface area contributed by atoms with Crippen LogP contribution in [0.1, 0.15) is 49.2 Å². The van der Waals surface area contributed by atoms with Crippen molar-refractivity contribution in [2.45, 2.75) is 53.4 Å². The maximum Gasteiger partial charge on any atom is 0.350 e. The molecule has 0 N–H and O–H groups in total. The van der Waals surface area contributed by atoms with Gasteiger partial charge < -0.3 is 4.74 Å². The fraction of sp³-hybridized carbons (Fsp3) is 0.258. The van der Waals surface area contributed by atoms with E-state index in [1.165, 1.54) is 21.3 Å². The summed E-state index contributed by atoms with van der Waals surface area (Å²) < 4.78 is 24.5. The van der Waals surface area contributed by atoms with Crippen molar-refractivity contribution in [2.24, 2.45) is 0 Å². The van der Waals surface area contributed by atoms with Gasteiger partial charge in [0.25, 0.3) is 5.56 Å². The zero-order valence-electron chi connectivity index (χ0n) is 22.5. The van der Waals surface area contributed by atoms with Gasteiger partial charge in [-0.1, -0.05) is 68.4 Å². The molecule has 5 aromatic rings. The molecule has 5 rings (SSSR count). The second kappa shape index (κ2) is 10.8. The fourth-order valence-electron chi connectivity index (χ4n) is 5.07. The van der Waals surface area contributed by atoms with E-state index in [9.17, 15) is 14.0 Å². The van der Waals surface area contributed by atoms with Crippen LogP contribution in [0.4, 0.5) is 4.39 Å². The van der Waals surface area contributed by atoms with Crippen molar-refractivity contribution in [1.29, 1.82) is 0 Å². The molecule has 0 aliphatic carbocycles. The van der Waals surface area contributed by atoms with E-state index in [4.69, 9.17) is 9.84 Å². The van der Waals surface area contributed by atoms with Crippen LogP contribution in [0, 0.1) is 12.7 Å². The molecule has 39 heavy (non-hydrogen) atoms. The molecular weight excluding hydrogens is 495 g/mol. The molecule has 7 nitrogen and oxygen atoms in total. The highest BCUT2D eigenvalue weighted by atomic mass is 19.1. The van der Waals surface area contributed by atoms with Crippen LogP contribution in [0.25, 0.3) is 22.3 Å². The van der Waals surface area contributed by atoms with Gasteiger partial charge in [0.1, 0.15) is 12.4 Å². The number of aromatic nitrogens is 4. The van der Waals surface area contributed by atoms with Crippen molar-refractivity contribution in [1.82, 2.24) is 18.7 Å². The Balaban J connectivity index is 1.77. The molecule has 3 aromatic heterocycles. The monoisotopic (exact) mass is 526 g/mol. The van der Waals surface area contributed by atoms with Gasteiger partial charge in [-0.15, -0.1) is 5.10 Å². The van der Waals surface area contributed by atoms with Crippen molar-refractivity contribution in [2.75, 3.05) is 0 Å². The van der Waals surface area contributed by atoms with Gasteiger partial charge in [-0.3, -0.25) is 13.8 Å². The van der Waals surface area contributed by atoms with Crippen LogP contribution >= 0.6 is 0 Å². The minimum Gasteiger partial charge on any atom is -0.369 e. The topological polar surface area (TPSA) is 70.5 Å². The summed E-state index contributed by atoms with van der Waals surface area (Å²) in [5.74, 6) is -0.170. The summed E-state index contributed by atoms with van der Waals surface area (Å²) in [6.07, 6.45) is 1.20. The summed E-state index contributed by atoms with van der Waals surface area (Å²) in [7, 11) is 0. The molecule has 3 heterocycles. The average molecular weight is 527 g/mol. The predicted octanol–water partition coefficient (Wildman–Crippen LogP) is 5.62. The molecule has 0 aliphatic heterocycles. The highest BCUT2D eigenvalue weighted by Crippen LogP contribution is 2.34. The van der Waals surface area contributed by atoms with Crippen LogP contribution in [-0.2, 0) is 24.5 Å². The van der Waals surface area contributed by atoms with Crippen LogP contribution in [-0.4, -0.2) is 18.7 Å². The average Bonchev–Trinajstić information content (AvgIpc) is 3.24. The number of fused-ring (bicyclic) bond motifs is 1. The number of pyridine rings is 2. The Kier molecular flexibility index (Phi) is 7.30. The molecule has 0 spiro atoms. The molecule has 0 unspecified atom stereocenters. The van der Waals surface area contributed by atoms with Crippen molar-refractivity contribution in [3.05, 3.63) is 122 Å². The second-order valence-corrected chi connectivity index (χ2v) is 9.85. The lowest BCUT2D eigenvalue weighted by molar-refractivity contribution is 0.0989. The smallest absolute Gasteiger partial charge is 0.350 e. The molecule has 0 aliphatic rings. The number of ether oxygens (including phenoxy) is 1. The van der Waals surface area contributed by atoms with Gasteiger partial charge in [-0.05, 0) is 48.6 Å². The Morgan fingerprint density at radius 2 is 1.67 bits per heavy atom. The molecule has 0 saturated heterocycles. The first-order valence-corrected chi connectivity index (χ1v) is 13.1. The van der Waals surface area contributed by atoms with Crippen molar-refractivity contribution in [3.8, 4) is 16.8 Å². The molecule has 8 heteroatoms. The number of rotatable bonds is 8. The number of halogens is 1. The van der Waals surface area contributed by atoms with E-state index in [0.717, 1.165) is 16.7 Å². The number of hydrogen-bond acceptors (Lipinski definition) is 4. The lowest BCUT2D eigenvalue weighted by Gasteiger charge is -2.20. The molecule has 0 fully saturated rings.